The van der Waals surface area contributed by atoms with Crippen LogP contribution in [0.5, 0.6) is 0 Å². The van der Waals surface area contributed by atoms with E-state index in [-0.39, 0.29) is 5.69 Å². The van der Waals surface area contributed by atoms with Gasteiger partial charge in [0.25, 0.3) is 0 Å². The van der Waals surface area contributed by atoms with Gasteiger partial charge in [-0.25, -0.2) is 9.78 Å². The average molecular weight is 346 g/mol. The van der Waals surface area contributed by atoms with E-state index >= 15 is 0 Å². The lowest BCUT2D eigenvalue weighted by Gasteiger charge is -2.35. The Morgan fingerprint density at radius 3 is 2.62 bits per heavy atom. The number of carbonyl (C=O) groups is 1. The Labute approximate surface area is 146 Å². The van der Waals surface area contributed by atoms with E-state index in [0.29, 0.717) is 0 Å². The number of hydrogen-bond donors (Lipinski definition) is 1. The van der Waals surface area contributed by atoms with Crippen LogP contribution in [0.25, 0.3) is 0 Å². The number of carboxylic acids is 1. The summed E-state index contributed by atoms with van der Waals surface area (Å²) >= 11 is 6.01. The zero-order chi connectivity index (χ0) is 17.1. The molecule has 1 fully saturated rings. The third kappa shape index (κ3) is 3.86. The molecule has 1 aromatic heterocycles. The molecule has 1 aliphatic heterocycles. The molecular formula is C18H20ClN3O2. The molecule has 126 valence electrons. The van der Waals surface area contributed by atoms with Crippen LogP contribution in [0.15, 0.2) is 36.4 Å². The number of halogens is 1. The van der Waals surface area contributed by atoms with Gasteiger partial charge in [0.1, 0.15) is 5.82 Å². The molecular weight excluding hydrogens is 326 g/mol. The molecule has 0 spiro atoms. The minimum Gasteiger partial charge on any atom is -0.477 e. The molecule has 0 aliphatic carbocycles. The van der Waals surface area contributed by atoms with E-state index < -0.39 is 5.97 Å². The highest BCUT2D eigenvalue weighted by Gasteiger charge is 2.19. The Balaban J connectivity index is 1.61. The minimum atomic E-state index is -0.992. The molecule has 0 bridgehead atoms. The van der Waals surface area contributed by atoms with Crippen molar-refractivity contribution in [3.63, 3.8) is 0 Å². The standard InChI is InChI=1S/C18H20ClN3O2/c1-13-11-15(19)6-5-14(13)12-21-7-9-22(10-8-21)17-4-2-3-16(20-17)18(23)24/h2-6,11H,7-10,12H2,1H3,(H,23,24). The number of carboxylic acid groups (broad SMARTS) is 1. The maximum Gasteiger partial charge on any atom is 0.354 e. The number of aromatic carboxylic acids is 1. The van der Waals surface area contributed by atoms with E-state index in [1.165, 1.54) is 17.2 Å². The number of benzene rings is 1. The summed E-state index contributed by atoms with van der Waals surface area (Å²) in [5, 5.41) is 9.83. The smallest absolute Gasteiger partial charge is 0.354 e. The maximum absolute atomic E-state index is 11.0. The third-order valence-corrected chi connectivity index (χ3v) is 4.58. The summed E-state index contributed by atoms with van der Waals surface area (Å²) in [6, 6.07) is 11.1. The van der Waals surface area contributed by atoms with Gasteiger partial charge in [-0.3, -0.25) is 4.90 Å². The summed E-state index contributed by atoms with van der Waals surface area (Å²) < 4.78 is 0. The van der Waals surface area contributed by atoms with Gasteiger partial charge in [-0.05, 0) is 42.3 Å². The number of piperazine rings is 1. The highest BCUT2D eigenvalue weighted by molar-refractivity contribution is 6.30. The van der Waals surface area contributed by atoms with E-state index in [2.05, 4.69) is 27.8 Å². The van der Waals surface area contributed by atoms with Crippen LogP contribution in [0, 0.1) is 6.92 Å². The van der Waals surface area contributed by atoms with E-state index in [1.807, 2.05) is 18.2 Å². The van der Waals surface area contributed by atoms with E-state index in [0.717, 1.165) is 43.6 Å². The van der Waals surface area contributed by atoms with Gasteiger partial charge < -0.3 is 10.0 Å². The molecule has 1 N–H and O–H groups in total. The zero-order valence-corrected chi connectivity index (χ0v) is 14.3. The topological polar surface area (TPSA) is 56.7 Å². The summed E-state index contributed by atoms with van der Waals surface area (Å²) in [5.74, 6) is -0.258. The number of anilines is 1. The molecule has 0 amide bonds. The first-order chi connectivity index (χ1) is 11.5. The molecule has 0 atom stereocenters. The first-order valence-corrected chi connectivity index (χ1v) is 8.33. The Bertz CT molecular complexity index is 743. The van der Waals surface area contributed by atoms with Crippen LogP contribution in [-0.4, -0.2) is 47.1 Å². The number of aryl methyl sites for hydroxylation is 1. The fraction of sp³-hybridized carbons (Fsp3) is 0.333. The quantitative estimate of drug-likeness (QED) is 0.923. The molecule has 1 aromatic carbocycles. The van der Waals surface area contributed by atoms with Gasteiger partial charge in [-0.15, -0.1) is 0 Å². The largest absolute Gasteiger partial charge is 0.477 e. The van der Waals surface area contributed by atoms with Crippen molar-refractivity contribution in [2.45, 2.75) is 13.5 Å². The van der Waals surface area contributed by atoms with Crippen LogP contribution in [-0.2, 0) is 6.54 Å². The van der Waals surface area contributed by atoms with Crippen molar-refractivity contribution in [2.75, 3.05) is 31.1 Å². The molecule has 0 radical (unpaired) electrons. The molecule has 0 unspecified atom stereocenters. The molecule has 6 heteroatoms. The van der Waals surface area contributed by atoms with Gasteiger partial charge in [0, 0.05) is 37.7 Å². The fourth-order valence-corrected chi connectivity index (χ4v) is 3.16. The minimum absolute atomic E-state index is 0.0896. The summed E-state index contributed by atoms with van der Waals surface area (Å²) in [4.78, 5) is 19.8. The number of aromatic nitrogens is 1. The summed E-state index contributed by atoms with van der Waals surface area (Å²) in [5.41, 5.74) is 2.59. The number of rotatable bonds is 4. The highest BCUT2D eigenvalue weighted by atomic mass is 35.5. The van der Waals surface area contributed by atoms with Crippen LogP contribution in [0.4, 0.5) is 5.82 Å². The lowest BCUT2D eigenvalue weighted by Crippen LogP contribution is -2.46. The number of hydrogen-bond acceptors (Lipinski definition) is 4. The first-order valence-electron chi connectivity index (χ1n) is 7.95. The van der Waals surface area contributed by atoms with Gasteiger partial charge in [0.15, 0.2) is 5.69 Å². The second-order valence-electron chi connectivity index (χ2n) is 6.02. The van der Waals surface area contributed by atoms with Gasteiger partial charge in [-0.2, -0.15) is 0 Å². The Hall–Kier alpha value is -2.11. The molecule has 2 aromatic rings. The van der Waals surface area contributed by atoms with Gasteiger partial charge in [0.05, 0.1) is 0 Å². The molecule has 5 nitrogen and oxygen atoms in total. The molecule has 3 rings (SSSR count). The molecule has 1 aliphatic rings. The van der Waals surface area contributed by atoms with Crippen LogP contribution in [0.2, 0.25) is 5.02 Å². The van der Waals surface area contributed by atoms with Gasteiger partial charge >= 0.3 is 5.97 Å². The van der Waals surface area contributed by atoms with Crippen LogP contribution < -0.4 is 4.90 Å². The van der Waals surface area contributed by atoms with E-state index in [1.54, 1.807) is 6.07 Å². The van der Waals surface area contributed by atoms with Crippen molar-refractivity contribution in [2.24, 2.45) is 0 Å². The predicted molar refractivity (Wildman–Crippen MR) is 94.9 cm³/mol. The van der Waals surface area contributed by atoms with Crippen molar-refractivity contribution < 1.29 is 9.90 Å². The summed E-state index contributed by atoms with van der Waals surface area (Å²) in [7, 11) is 0. The van der Waals surface area contributed by atoms with Crippen molar-refractivity contribution in [3.8, 4) is 0 Å². The third-order valence-electron chi connectivity index (χ3n) is 4.35. The van der Waals surface area contributed by atoms with E-state index in [9.17, 15) is 4.79 Å². The molecule has 0 saturated carbocycles. The van der Waals surface area contributed by atoms with Crippen LogP contribution in [0.3, 0.4) is 0 Å². The predicted octanol–water partition coefficient (Wildman–Crippen LogP) is 3.06. The van der Waals surface area contributed by atoms with Crippen molar-refractivity contribution in [1.82, 2.24) is 9.88 Å². The van der Waals surface area contributed by atoms with E-state index in [4.69, 9.17) is 16.7 Å². The van der Waals surface area contributed by atoms with Gasteiger partial charge in [0.2, 0.25) is 0 Å². The van der Waals surface area contributed by atoms with Gasteiger partial charge in [-0.1, -0.05) is 23.7 Å². The second kappa shape index (κ2) is 7.20. The Morgan fingerprint density at radius 2 is 1.96 bits per heavy atom. The molecule has 1 saturated heterocycles. The maximum atomic E-state index is 11.0. The molecule has 2 heterocycles. The first kappa shape index (κ1) is 16.7. The number of nitrogens with zero attached hydrogens (tertiary/aromatic N) is 3. The fourth-order valence-electron chi connectivity index (χ4n) is 2.93. The normalized spacial score (nSPS) is 15.5. The van der Waals surface area contributed by atoms with Crippen LogP contribution in [0.1, 0.15) is 21.6 Å². The average Bonchev–Trinajstić information content (AvgIpc) is 2.58. The monoisotopic (exact) mass is 345 g/mol. The van der Waals surface area contributed by atoms with Crippen molar-refractivity contribution >= 4 is 23.4 Å². The Morgan fingerprint density at radius 1 is 1.21 bits per heavy atom. The van der Waals surface area contributed by atoms with Crippen LogP contribution >= 0.6 is 11.6 Å². The lowest BCUT2D eigenvalue weighted by molar-refractivity contribution is 0.0690. The second-order valence-corrected chi connectivity index (χ2v) is 6.46. The SMILES string of the molecule is Cc1cc(Cl)ccc1CN1CCN(c2cccc(C(=O)O)n2)CC1. The number of pyridine rings is 1. The van der Waals surface area contributed by atoms with Crippen molar-refractivity contribution in [3.05, 3.63) is 58.2 Å². The Kier molecular flexibility index (Phi) is 5.02. The van der Waals surface area contributed by atoms with Crippen molar-refractivity contribution in [1.29, 1.82) is 0 Å². The summed E-state index contributed by atoms with van der Waals surface area (Å²) in [6.07, 6.45) is 0. The lowest BCUT2D eigenvalue weighted by atomic mass is 10.1. The molecule has 24 heavy (non-hydrogen) atoms. The highest BCUT2D eigenvalue weighted by Crippen LogP contribution is 2.19. The summed E-state index contributed by atoms with van der Waals surface area (Å²) in [6.45, 7) is 6.49. The zero-order valence-electron chi connectivity index (χ0n) is 13.6.